The largest absolute Gasteiger partial charge is 0.374 e. The SMILES string of the molecule is O=S(=O)(O)c1ccc(CC2CCOC(c3ccccc3)C2)cc1. The summed E-state index contributed by atoms with van der Waals surface area (Å²) >= 11 is 0. The second kappa shape index (κ2) is 6.83. The van der Waals surface area contributed by atoms with Gasteiger partial charge in [0.25, 0.3) is 10.1 Å². The Hall–Kier alpha value is -1.69. The van der Waals surface area contributed by atoms with Crippen LogP contribution in [0.15, 0.2) is 59.5 Å². The average Bonchev–Trinajstić information content (AvgIpc) is 2.56. The Balaban J connectivity index is 1.66. The number of ether oxygens (including phenoxy) is 1. The molecule has 0 amide bonds. The van der Waals surface area contributed by atoms with Crippen molar-refractivity contribution in [3.05, 3.63) is 65.7 Å². The van der Waals surface area contributed by atoms with E-state index in [0.717, 1.165) is 31.4 Å². The van der Waals surface area contributed by atoms with Crippen LogP contribution in [0.3, 0.4) is 0 Å². The minimum absolute atomic E-state index is 0.0598. The van der Waals surface area contributed by atoms with Gasteiger partial charge in [0, 0.05) is 6.61 Å². The van der Waals surface area contributed by atoms with E-state index in [0.29, 0.717) is 5.92 Å². The van der Waals surface area contributed by atoms with Crippen LogP contribution >= 0.6 is 0 Å². The first-order chi connectivity index (χ1) is 11.0. The van der Waals surface area contributed by atoms with E-state index in [9.17, 15) is 8.42 Å². The number of hydrogen-bond donors (Lipinski definition) is 1. The quantitative estimate of drug-likeness (QED) is 0.868. The van der Waals surface area contributed by atoms with Gasteiger partial charge < -0.3 is 4.74 Å². The van der Waals surface area contributed by atoms with Crippen molar-refractivity contribution in [1.29, 1.82) is 0 Å². The first-order valence-electron chi connectivity index (χ1n) is 7.75. The van der Waals surface area contributed by atoms with Gasteiger partial charge in [-0.05, 0) is 48.4 Å². The first kappa shape index (κ1) is 16.2. The third-order valence-electron chi connectivity index (χ3n) is 4.31. The number of benzene rings is 2. The molecule has 5 heteroatoms. The van der Waals surface area contributed by atoms with E-state index >= 15 is 0 Å². The monoisotopic (exact) mass is 332 g/mol. The van der Waals surface area contributed by atoms with Gasteiger partial charge in [-0.3, -0.25) is 4.55 Å². The molecular formula is C18H20O4S. The summed E-state index contributed by atoms with van der Waals surface area (Å²) in [5.74, 6) is 0.505. The Morgan fingerprint density at radius 3 is 2.39 bits per heavy atom. The van der Waals surface area contributed by atoms with Crippen LogP contribution in [-0.4, -0.2) is 19.6 Å². The van der Waals surface area contributed by atoms with Crippen molar-refractivity contribution >= 4 is 10.1 Å². The molecule has 2 aromatic carbocycles. The maximum atomic E-state index is 11.1. The maximum Gasteiger partial charge on any atom is 0.294 e. The molecule has 0 spiro atoms. The standard InChI is InChI=1S/C18H20O4S/c19-23(20,21)17-8-6-14(7-9-17)12-15-10-11-22-18(13-15)16-4-2-1-3-5-16/h1-9,15,18H,10-13H2,(H,19,20,21). The molecule has 0 saturated carbocycles. The number of hydrogen-bond acceptors (Lipinski definition) is 3. The van der Waals surface area contributed by atoms with Crippen molar-refractivity contribution in [3.63, 3.8) is 0 Å². The van der Waals surface area contributed by atoms with Crippen molar-refractivity contribution in [2.75, 3.05) is 6.61 Å². The van der Waals surface area contributed by atoms with Crippen LogP contribution < -0.4 is 0 Å². The van der Waals surface area contributed by atoms with Crippen LogP contribution in [0.1, 0.15) is 30.1 Å². The highest BCUT2D eigenvalue weighted by atomic mass is 32.2. The van der Waals surface area contributed by atoms with Gasteiger partial charge >= 0.3 is 0 Å². The second-order valence-electron chi connectivity index (χ2n) is 5.98. The molecule has 2 atom stereocenters. The van der Waals surface area contributed by atoms with Crippen molar-refractivity contribution in [2.24, 2.45) is 5.92 Å². The predicted octanol–water partition coefficient (Wildman–Crippen LogP) is 3.64. The fourth-order valence-corrected chi connectivity index (χ4v) is 3.56. The molecule has 0 aliphatic carbocycles. The topological polar surface area (TPSA) is 63.6 Å². The molecule has 3 rings (SSSR count). The van der Waals surface area contributed by atoms with Gasteiger partial charge in [-0.2, -0.15) is 8.42 Å². The van der Waals surface area contributed by atoms with Crippen LogP contribution in [-0.2, 0) is 21.3 Å². The molecule has 1 N–H and O–H groups in total. The molecule has 122 valence electrons. The molecule has 4 nitrogen and oxygen atoms in total. The lowest BCUT2D eigenvalue weighted by Gasteiger charge is -2.30. The molecule has 2 aromatic rings. The Bertz CT molecular complexity index is 738. The van der Waals surface area contributed by atoms with Crippen molar-refractivity contribution in [1.82, 2.24) is 0 Å². The van der Waals surface area contributed by atoms with Crippen molar-refractivity contribution in [3.8, 4) is 0 Å². The number of rotatable bonds is 4. The minimum Gasteiger partial charge on any atom is -0.374 e. The van der Waals surface area contributed by atoms with E-state index in [1.165, 1.54) is 17.7 Å². The van der Waals surface area contributed by atoms with Crippen LogP contribution in [0.2, 0.25) is 0 Å². The van der Waals surface area contributed by atoms with Crippen LogP contribution in [0, 0.1) is 5.92 Å². The summed E-state index contributed by atoms with van der Waals surface area (Å²) < 4.78 is 37.0. The maximum absolute atomic E-state index is 11.1. The molecule has 1 heterocycles. The van der Waals surface area contributed by atoms with Gasteiger partial charge in [-0.1, -0.05) is 42.5 Å². The summed E-state index contributed by atoms with van der Waals surface area (Å²) in [4.78, 5) is -0.0598. The van der Waals surface area contributed by atoms with Gasteiger partial charge in [0.1, 0.15) is 0 Å². The Kier molecular flexibility index (Phi) is 4.80. The Morgan fingerprint density at radius 1 is 1.04 bits per heavy atom. The highest BCUT2D eigenvalue weighted by Gasteiger charge is 2.24. The zero-order chi connectivity index (χ0) is 16.3. The van der Waals surface area contributed by atoms with E-state index in [4.69, 9.17) is 9.29 Å². The van der Waals surface area contributed by atoms with Crippen molar-refractivity contribution in [2.45, 2.75) is 30.3 Å². The van der Waals surface area contributed by atoms with Gasteiger partial charge in [0.15, 0.2) is 0 Å². The molecule has 23 heavy (non-hydrogen) atoms. The molecule has 1 aliphatic heterocycles. The minimum atomic E-state index is -4.12. The first-order valence-corrected chi connectivity index (χ1v) is 9.19. The molecule has 2 unspecified atom stereocenters. The van der Waals surface area contributed by atoms with E-state index in [1.54, 1.807) is 12.1 Å². The van der Waals surface area contributed by atoms with Crippen LogP contribution in [0.5, 0.6) is 0 Å². The third kappa shape index (κ3) is 4.19. The van der Waals surface area contributed by atoms with Gasteiger partial charge in [0.05, 0.1) is 11.0 Å². The van der Waals surface area contributed by atoms with Crippen LogP contribution in [0.4, 0.5) is 0 Å². The highest BCUT2D eigenvalue weighted by Crippen LogP contribution is 2.33. The molecule has 0 radical (unpaired) electrons. The summed E-state index contributed by atoms with van der Waals surface area (Å²) in [6.07, 6.45) is 2.98. The van der Waals surface area contributed by atoms with Gasteiger partial charge in [-0.15, -0.1) is 0 Å². The Labute approximate surface area is 136 Å². The molecular weight excluding hydrogens is 312 g/mol. The lowest BCUT2D eigenvalue weighted by atomic mass is 9.87. The fourth-order valence-electron chi connectivity index (χ4n) is 3.08. The second-order valence-corrected chi connectivity index (χ2v) is 7.41. The molecule has 0 bridgehead atoms. The highest BCUT2D eigenvalue weighted by molar-refractivity contribution is 7.85. The molecule has 1 saturated heterocycles. The summed E-state index contributed by atoms with van der Waals surface area (Å²) in [5.41, 5.74) is 2.29. The lowest BCUT2D eigenvalue weighted by molar-refractivity contribution is -0.0102. The Morgan fingerprint density at radius 2 is 1.74 bits per heavy atom. The zero-order valence-electron chi connectivity index (χ0n) is 12.8. The normalized spacial score (nSPS) is 22.0. The molecule has 0 aromatic heterocycles. The summed E-state index contributed by atoms with van der Waals surface area (Å²) in [6.45, 7) is 0.743. The molecule has 1 fully saturated rings. The summed E-state index contributed by atoms with van der Waals surface area (Å²) in [7, 11) is -4.12. The van der Waals surface area contributed by atoms with E-state index in [2.05, 4.69) is 12.1 Å². The van der Waals surface area contributed by atoms with E-state index < -0.39 is 10.1 Å². The summed E-state index contributed by atoms with van der Waals surface area (Å²) in [5, 5.41) is 0. The molecule has 1 aliphatic rings. The van der Waals surface area contributed by atoms with Crippen LogP contribution in [0.25, 0.3) is 0 Å². The summed E-state index contributed by atoms with van der Waals surface area (Å²) in [6, 6.07) is 16.7. The smallest absolute Gasteiger partial charge is 0.294 e. The zero-order valence-corrected chi connectivity index (χ0v) is 13.6. The lowest BCUT2D eigenvalue weighted by Crippen LogP contribution is -2.21. The van der Waals surface area contributed by atoms with E-state index in [-0.39, 0.29) is 11.0 Å². The fraction of sp³-hybridized carbons (Fsp3) is 0.333. The van der Waals surface area contributed by atoms with Crippen molar-refractivity contribution < 1.29 is 17.7 Å². The van der Waals surface area contributed by atoms with Gasteiger partial charge in [0.2, 0.25) is 0 Å². The van der Waals surface area contributed by atoms with E-state index in [1.807, 2.05) is 18.2 Å². The average molecular weight is 332 g/mol. The predicted molar refractivity (Wildman–Crippen MR) is 87.8 cm³/mol. The third-order valence-corrected chi connectivity index (χ3v) is 5.18. The van der Waals surface area contributed by atoms with Gasteiger partial charge in [-0.25, -0.2) is 0 Å².